The maximum atomic E-state index is 12.4. The second kappa shape index (κ2) is 9.54. The van der Waals surface area contributed by atoms with Crippen LogP contribution in [0, 0.1) is 0 Å². The van der Waals surface area contributed by atoms with E-state index >= 15 is 0 Å². The molecular formula is C24H29NO3. The molecule has 148 valence electrons. The molecule has 0 spiro atoms. The SMILES string of the molecule is C[C@@H](CCc1ccccc1)NC(=O)[C@@H](C)OC(=O)c1ccc2c(c1)CCCC2. The van der Waals surface area contributed by atoms with Crippen LogP contribution >= 0.6 is 0 Å². The number of rotatable bonds is 7. The highest BCUT2D eigenvalue weighted by Gasteiger charge is 2.21. The Labute approximate surface area is 167 Å². The Kier molecular flexibility index (Phi) is 6.85. The van der Waals surface area contributed by atoms with Crippen molar-refractivity contribution in [1.29, 1.82) is 0 Å². The lowest BCUT2D eigenvalue weighted by Crippen LogP contribution is -2.41. The molecule has 28 heavy (non-hydrogen) atoms. The highest BCUT2D eigenvalue weighted by atomic mass is 16.5. The molecule has 4 heteroatoms. The third-order valence-electron chi connectivity index (χ3n) is 5.33. The summed E-state index contributed by atoms with van der Waals surface area (Å²) < 4.78 is 5.40. The third kappa shape index (κ3) is 5.44. The summed E-state index contributed by atoms with van der Waals surface area (Å²) in [6.07, 6.45) is 5.35. The first kappa shape index (κ1) is 20.1. The maximum absolute atomic E-state index is 12.4. The highest BCUT2D eigenvalue weighted by Crippen LogP contribution is 2.22. The van der Waals surface area contributed by atoms with Crippen LogP contribution in [0.2, 0.25) is 0 Å². The van der Waals surface area contributed by atoms with E-state index in [4.69, 9.17) is 4.74 Å². The molecule has 0 bridgehead atoms. The van der Waals surface area contributed by atoms with Gasteiger partial charge in [0.15, 0.2) is 6.10 Å². The van der Waals surface area contributed by atoms with E-state index in [1.807, 2.05) is 37.3 Å². The summed E-state index contributed by atoms with van der Waals surface area (Å²) in [7, 11) is 0. The number of ether oxygens (including phenoxy) is 1. The Morgan fingerprint density at radius 1 is 1.00 bits per heavy atom. The zero-order valence-electron chi connectivity index (χ0n) is 16.7. The number of fused-ring (bicyclic) bond motifs is 1. The first-order chi connectivity index (χ1) is 13.5. The standard InChI is InChI=1S/C24H29NO3/c1-17(12-13-19-8-4-3-5-9-19)25-23(26)18(2)28-24(27)22-15-14-20-10-6-7-11-21(20)16-22/h3-5,8-9,14-18H,6-7,10-13H2,1-2H3,(H,25,26)/t17-,18+/m0/s1. The Bertz CT molecular complexity index is 816. The number of hydrogen-bond donors (Lipinski definition) is 1. The maximum Gasteiger partial charge on any atom is 0.338 e. The second-order valence-electron chi connectivity index (χ2n) is 7.67. The van der Waals surface area contributed by atoms with Crippen molar-refractivity contribution >= 4 is 11.9 Å². The molecule has 0 aliphatic heterocycles. The van der Waals surface area contributed by atoms with E-state index in [2.05, 4.69) is 17.4 Å². The van der Waals surface area contributed by atoms with Crippen LogP contribution in [-0.4, -0.2) is 24.0 Å². The van der Waals surface area contributed by atoms with Crippen molar-refractivity contribution in [2.45, 2.75) is 64.5 Å². The van der Waals surface area contributed by atoms with Crippen LogP contribution in [0.15, 0.2) is 48.5 Å². The summed E-state index contributed by atoms with van der Waals surface area (Å²) in [6.45, 7) is 3.59. The van der Waals surface area contributed by atoms with Crippen LogP contribution in [-0.2, 0) is 28.8 Å². The normalized spacial score (nSPS) is 15.2. The van der Waals surface area contributed by atoms with E-state index in [0.29, 0.717) is 5.56 Å². The number of hydrogen-bond acceptors (Lipinski definition) is 3. The fraction of sp³-hybridized carbons (Fsp3) is 0.417. The minimum Gasteiger partial charge on any atom is -0.449 e. The number of carbonyl (C=O) groups is 2. The molecule has 2 aromatic carbocycles. The third-order valence-corrected chi connectivity index (χ3v) is 5.33. The van der Waals surface area contributed by atoms with Crippen molar-refractivity contribution < 1.29 is 14.3 Å². The van der Waals surface area contributed by atoms with Gasteiger partial charge in [0.05, 0.1) is 5.56 Å². The van der Waals surface area contributed by atoms with Gasteiger partial charge in [-0.3, -0.25) is 4.79 Å². The number of amides is 1. The fourth-order valence-corrected chi connectivity index (χ4v) is 3.60. The monoisotopic (exact) mass is 379 g/mol. The molecule has 2 atom stereocenters. The van der Waals surface area contributed by atoms with Crippen molar-refractivity contribution in [3.8, 4) is 0 Å². The number of nitrogens with one attached hydrogen (secondary N) is 1. The number of esters is 1. The second-order valence-corrected chi connectivity index (χ2v) is 7.67. The molecule has 2 aromatic rings. The molecular weight excluding hydrogens is 350 g/mol. The largest absolute Gasteiger partial charge is 0.449 e. The van der Waals surface area contributed by atoms with Crippen molar-refractivity contribution in [2.75, 3.05) is 0 Å². The predicted octanol–water partition coefficient (Wildman–Crippen LogP) is 4.25. The summed E-state index contributed by atoms with van der Waals surface area (Å²) in [6, 6.07) is 15.9. The summed E-state index contributed by atoms with van der Waals surface area (Å²) in [5.74, 6) is -0.695. The van der Waals surface area contributed by atoms with Crippen LogP contribution in [0.1, 0.15) is 60.2 Å². The minimum absolute atomic E-state index is 0.0117. The molecule has 1 N–H and O–H groups in total. The summed E-state index contributed by atoms with van der Waals surface area (Å²) in [5.41, 5.74) is 4.32. The first-order valence-corrected chi connectivity index (χ1v) is 10.2. The summed E-state index contributed by atoms with van der Waals surface area (Å²) >= 11 is 0. The van der Waals surface area contributed by atoms with Crippen LogP contribution in [0.4, 0.5) is 0 Å². The Balaban J connectivity index is 1.48. The lowest BCUT2D eigenvalue weighted by molar-refractivity contribution is -0.129. The van der Waals surface area contributed by atoms with Gasteiger partial charge in [-0.05, 0) is 81.2 Å². The fourth-order valence-electron chi connectivity index (χ4n) is 3.60. The molecule has 0 heterocycles. The van der Waals surface area contributed by atoms with Crippen LogP contribution < -0.4 is 5.32 Å². The molecule has 3 rings (SSSR count). The Morgan fingerprint density at radius 2 is 1.71 bits per heavy atom. The van der Waals surface area contributed by atoms with Gasteiger partial charge in [0.2, 0.25) is 0 Å². The molecule has 1 amide bonds. The lowest BCUT2D eigenvalue weighted by Gasteiger charge is -2.19. The molecule has 1 aliphatic carbocycles. The highest BCUT2D eigenvalue weighted by molar-refractivity contribution is 5.92. The predicted molar refractivity (Wildman–Crippen MR) is 110 cm³/mol. The van der Waals surface area contributed by atoms with Gasteiger partial charge in [-0.15, -0.1) is 0 Å². The van der Waals surface area contributed by atoms with Crippen LogP contribution in [0.25, 0.3) is 0 Å². The van der Waals surface area contributed by atoms with Gasteiger partial charge in [-0.2, -0.15) is 0 Å². The molecule has 0 saturated carbocycles. The van der Waals surface area contributed by atoms with E-state index in [-0.39, 0.29) is 11.9 Å². The van der Waals surface area contributed by atoms with E-state index in [1.165, 1.54) is 23.1 Å². The minimum atomic E-state index is -0.817. The molecule has 0 radical (unpaired) electrons. The zero-order valence-corrected chi connectivity index (χ0v) is 16.7. The summed E-state index contributed by atoms with van der Waals surface area (Å²) in [5, 5.41) is 2.94. The molecule has 0 saturated heterocycles. The van der Waals surface area contributed by atoms with Gasteiger partial charge in [-0.1, -0.05) is 36.4 Å². The zero-order chi connectivity index (χ0) is 19.9. The summed E-state index contributed by atoms with van der Waals surface area (Å²) in [4.78, 5) is 24.8. The first-order valence-electron chi connectivity index (χ1n) is 10.2. The van der Waals surface area contributed by atoms with Gasteiger partial charge in [-0.25, -0.2) is 4.79 Å². The molecule has 0 fully saturated rings. The quantitative estimate of drug-likeness (QED) is 0.732. The number of aryl methyl sites for hydroxylation is 3. The average molecular weight is 380 g/mol. The van der Waals surface area contributed by atoms with E-state index < -0.39 is 12.1 Å². The molecule has 1 aliphatic rings. The Hall–Kier alpha value is -2.62. The van der Waals surface area contributed by atoms with Crippen molar-refractivity contribution in [3.05, 3.63) is 70.8 Å². The van der Waals surface area contributed by atoms with E-state index in [9.17, 15) is 9.59 Å². The van der Waals surface area contributed by atoms with Crippen LogP contribution in [0.5, 0.6) is 0 Å². The molecule has 0 aromatic heterocycles. The number of carbonyl (C=O) groups excluding carboxylic acids is 2. The van der Waals surface area contributed by atoms with Gasteiger partial charge < -0.3 is 10.1 Å². The van der Waals surface area contributed by atoms with Crippen molar-refractivity contribution in [2.24, 2.45) is 0 Å². The van der Waals surface area contributed by atoms with E-state index in [1.54, 1.807) is 13.0 Å². The van der Waals surface area contributed by atoms with Gasteiger partial charge in [0.1, 0.15) is 0 Å². The topological polar surface area (TPSA) is 55.4 Å². The van der Waals surface area contributed by atoms with Crippen molar-refractivity contribution in [1.82, 2.24) is 5.32 Å². The van der Waals surface area contributed by atoms with Crippen LogP contribution in [0.3, 0.4) is 0 Å². The Morgan fingerprint density at radius 3 is 2.46 bits per heavy atom. The van der Waals surface area contributed by atoms with E-state index in [0.717, 1.165) is 32.1 Å². The number of benzene rings is 2. The lowest BCUT2D eigenvalue weighted by atomic mass is 9.90. The molecule has 0 unspecified atom stereocenters. The van der Waals surface area contributed by atoms with Gasteiger partial charge in [0, 0.05) is 6.04 Å². The van der Waals surface area contributed by atoms with Gasteiger partial charge in [0.25, 0.3) is 5.91 Å². The smallest absolute Gasteiger partial charge is 0.338 e. The average Bonchev–Trinajstić information content (AvgIpc) is 2.72. The molecule has 4 nitrogen and oxygen atoms in total. The van der Waals surface area contributed by atoms with Gasteiger partial charge >= 0.3 is 5.97 Å². The van der Waals surface area contributed by atoms with Crippen molar-refractivity contribution in [3.63, 3.8) is 0 Å².